The Morgan fingerprint density at radius 1 is 1.17 bits per heavy atom. The van der Waals surface area contributed by atoms with Crippen LogP contribution in [-0.4, -0.2) is 75.5 Å². The second-order valence-electron chi connectivity index (χ2n) is 10.1. The number of fused-ring (bicyclic) bond motifs is 1. The van der Waals surface area contributed by atoms with Gasteiger partial charge in [0.1, 0.15) is 6.61 Å². The maximum Gasteiger partial charge on any atom is 0.416 e. The molecule has 2 aliphatic rings. The molecule has 2 aliphatic heterocycles. The zero-order chi connectivity index (χ0) is 29.5. The molecule has 3 heterocycles. The van der Waals surface area contributed by atoms with E-state index in [1.165, 1.54) is 35.7 Å². The number of nitrogens with zero attached hydrogens (tertiary/aromatic N) is 5. The van der Waals surface area contributed by atoms with Gasteiger partial charge < -0.3 is 14.5 Å². The lowest BCUT2D eigenvalue weighted by Gasteiger charge is -2.44. The number of amides is 2. The standard InChI is InChI=1S/C28H27ClF3N5O3S/c1-16-12-35(13-17(2)37(16)25(38)15-40-3)27-34-26(39)24(41-27)9-18-4-7-23-20(8-18)11-33-36(23)14-19-5-6-21(29)10-22(19)28(30,31)32/h4-11,16-17H,12-15H2,1-3H3/t16-,17+. The zero-order valence-electron chi connectivity index (χ0n) is 22.5. The number of thioether (sulfide) groups is 1. The van der Waals surface area contributed by atoms with E-state index in [4.69, 9.17) is 16.3 Å². The van der Waals surface area contributed by atoms with Gasteiger partial charge in [0.2, 0.25) is 5.91 Å². The van der Waals surface area contributed by atoms with E-state index in [9.17, 15) is 22.8 Å². The van der Waals surface area contributed by atoms with E-state index in [0.29, 0.717) is 28.7 Å². The summed E-state index contributed by atoms with van der Waals surface area (Å²) in [7, 11) is 1.49. The number of aromatic nitrogens is 2. The molecule has 13 heteroatoms. The molecule has 0 N–H and O–H groups in total. The smallest absolute Gasteiger partial charge is 0.375 e. The van der Waals surface area contributed by atoms with Crippen LogP contribution < -0.4 is 0 Å². The van der Waals surface area contributed by atoms with Gasteiger partial charge in [-0.05, 0) is 67.1 Å². The van der Waals surface area contributed by atoms with Gasteiger partial charge in [0.05, 0.1) is 28.7 Å². The number of alkyl halides is 3. The van der Waals surface area contributed by atoms with Crippen molar-refractivity contribution in [3.05, 3.63) is 69.2 Å². The molecule has 2 atom stereocenters. The van der Waals surface area contributed by atoms with Crippen LogP contribution in [0.2, 0.25) is 5.02 Å². The third-order valence-electron chi connectivity index (χ3n) is 7.02. The van der Waals surface area contributed by atoms with Gasteiger partial charge in [-0.2, -0.15) is 23.3 Å². The molecular formula is C28H27ClF3N5O3S. The van der Waals surface area contributed by atoms with Crippen LogP contribution in [0.5, 0.6) is 0 Å². The second-order valence-corrected chi connectivity index (χ2v) is 11.5. The first-order chi connectivity index (χ1) is 19.4. The fraction of sp³-hybridized carbons (Fsp3) is 0.357. The van der Waals surface area contributed by atoms with Crippen molar-refractivity contribution in [1.29, 1.82) is 0 Å². The number of rotatable bonds is 5. The highest BCUT2D eigenvalue weighted by molar-refractivity contribution is 8.18. The van der Waals surface area contributed by atoms with Crippen molar-refractivity contribution in [2.75, 3.05) is 26.8 Å². The van der Waals surface area contributed by atoms with Gasteiger partial charge >= 0.3 is 6.18 Å². The van der Waals surface area contributed by atoms with Crippen LogP contribution in [0.1, 0.15) is 30.5 Å². The van der Waals surface area contributed by atoms with Crippen molar-refractivity contribution in [3.8, 4) is 0 Å². The van der Waals surface area contributed by atoms with Crippen LogP contribution in [0.15, 0.2) is 52.5 Å². The van der Waals surface area contributed by atoms with E-state index in [1.54, 1.807) is 24.4 Å². The largest absolute Gasteiger partial charge is 0.416 e. The van der Waals surface area contributed by atoms with Crippen molar-refractivity contribution in [3.63, 3.8) is 0 Å². The number of aliphatic imine (C=N–C) groups is 1. The number of carbonyl (C=O) groups is 2. The fourth-order valence-corrected chi connectivity index (χ4v) is 6.39. The molecule has 216 valence electrons. The third kappa shape index (κ3) is 6.14. The van der Waals surface area contributed by atoms with Crippen molar-refractivity contribution < 1.29 is 27.5 Å². The van der Waals surface area contributed by atoms with Crippen molar-refractivity contribution in [2.24, 2.45) is 4.99 Å². The number of hydrogen-bond donors (Lipinski definition) is 0. The van der Waals surface area contributed by atoms with Crippen LogP contribution in [0.4, 0.5) is 13.2 Å². The lowest BCUT2D eigenvalue weighted by molar-refractivity contribution is -0.142. The summed E-state index contributed by atoms with van der Waals surface area (Å²) in [4.78, 5) is 33.7. The highest BCUT2D eigenvalue weighted by atomic mass is 35.5. The summed E-state index contributed by atoms with van der Waals surface area (Å²) in [5.41, 5.74) is 0.655. The summed E-state index contributed by atoms with van der Waals surface area (Å²) < 4.78 is 47.2. The average Bonchev–Trinajstić information content (AvgIpc) is 3.47. The molecule has 0 aliphatic carbocycles. The second kappa shape index (κ2) is 11.5. The summed E-state index contributed by atoms with van der Waals surface area (Å²) in [6.07, 6.45) is -1.22. The minimum absolute atomic E-state index is 0.0130. The SMILES string of the molecule is COCC(=O)N1[C@H](C)CN(C2=NC(=O)C(=Cc3ccc4c(cnn4Cc4ccc(Cl)cc4C(F)(F)F)c3)S2)C[C@@H]1C. The van der Waals surface area contributed by atoms with E-state index < -0.39 is 11.7 Å². The Hall–Kier alpha value is -3.35. The highest BCUT2D eigenvalue weighted by Gasteiger charge is 2.37. The predicted octanol–water partition coefficient (Wildman–Crippen LogP) is 5.29. The first kappa shape index (κ1) is 29.2. The monoisotopic (exact) mass is 605 g/mol. The Morgan fingerprint density at radius 3 is 2.59 bits per heavy atom. The average molecular weight is 606 g/mol. The first-order valence-corrected chi connectivity index (χ1v) is 14.0. The van der Waals surface area contributed by atoms with Gasteiger partial charge in [0.25, 0.3) is 5.91 Å². The molecule has 8 nitrogen and oxygen atoms in total. The molecular weight excluding hydrogens is 579 g/mol. The zero-order valence-corrected chi connectivity index (χ0v) is 24.1. The highest BCUT2D eigenvalue weighted by Crippen LogP contribution is 2.35. The van der Waals surface area contributed by atoms with Crippen LogP contribution in [-0.2, 0) is 27.0 Å². The van der Waals surface area contributed by atoms with Crippen molar-refractivity contribution >= 4 is 57.3 Å². The molecule has 41 heavy (non-hydrogen) atoms. The molecule has 1 aromatic heterocycles. The van der Waals surface area contributed by atoms with Gasteiger partial charge in [0.15, 0.2) is 5.17 Å². The maximum atomic E-state index is 13.6. The summed E-state index contributed by atoms with van der Waals surface area (Å²) >= 11 is 7.09. The Kier molecular flexibility index (Phi) is 8.18. The van der Waals surface area contributed by atoms with Crippen molar-refractivity contribution in [1.82, 2.24) is 19.6 Å². The lowest BCUT2D eigenvalue weighted by atomic mass is 10.1. The van der Waals surface area contributed by atoms with Gasteiger partial charge in [-0.3, -0.25) is 14.3 Å². The van der Waals surface area contributed by atoms with E-state index in [0.717, 1.165) is 17.0 Å². The van der Waals surface area contributed by atoms with Gasteiger partial charge in [-0.15, -0.1) is 0 Å². The fourth-order valence-electron chi connectivity index (χ4n) is 5.29. The molecule has 2 amide bonds. The summed E-state index contributed by atoms with van der Waals surface area (Å²) in [5.74, 6) is -0.418. The number of piperazine rings is 1. The third-order valence-corrected chi connectivity index (χ3v) is 8.30. The van der Waals surface area contributed by atoms with Gasteiger partial charge in [-0.25, -0.2) is 0 Å². The molecule has 0 radical (unpaired) electrons. The predicted molar refractivity (Wildman–Crippen MR) is 153 cm³/mol. The van der Waals surface area contributed by atoms with E-state index in [2.05, 4.69) is 10.1 Å². The van der Waals surface area contributed by atoms with E-state index >= 15 is 0 Å². The van der Waals surface area contributed by atoms with Crippen LogP contribution in [0.25, 0.3) is 17.0 Å². The minimum Gasteiger partial charge on any atom is -0.375 e. The van der Waals surface area contributed by atoms with Crippen LogP contribution in [0.3, 0.4) is 0 Å². The molecule has 1 saturated heterocycles. The Morgan fingerprint density at radius 2 is 1.90 bits per heavy atom. The van der Waals surface area contributed by atoms with Crippen LogP contribution in [0, 0.1) is 0 Å². The van der Waals surface area contributed by atoms with Gasteiger partial charge in [-0.1, -0.05) is 23.7 Å². The molecule has 1 fully saturated rings. The van der Waals surface area contributed by atoms with Crippen molar-refractivity contribution in [2.45, 2.75) is 38.7 Å². The topological polar surface area (TPSA) is 80.0 Å². The van der Waals surface area contributed by atoms with Crippen LogP contribution >= 0.6 is 23.4 Å². The maximum absolute atomic E-state index is 13.6. The normalized spacial score (nSPS) is 20.8. The molecule has 0 bridgehead atoms. The van der Waals surface area contributed by atoms with E-state index in [-0.39, 0.29) is 47.6 Å². The number of ether oxygens (including phenoxy) is 1. The molecule has 0 unspecified atom stereocenters. The molecule has 0 spiro atoms. The number of amidine groups is 1. The van der Waals surface area contributed by atoms with E-state index in [1.807, 2.05) is 29.7 Å². The molecule has 5 rings (SSSR count). The quantitative estimate of drug-likeness (QED) is 0.368. The molecule has 0 saturated carbocycles. The summed E-state index contributed by atoms with van der Waals surface area (Å²) in [6, 6.07) is 8.93. The first-order valence-electron chi connectivity index (χ1n) is 12.8. The minimum atomic E-state index is -4.54. The number of halogens is 4. The number of hydrogen-bond acceptors (Lipinski definition) is 6. The Balaban J connectivity index is 1.31. The Labute approximate surface area is 243 Å². The number of benzene rings is 2. The summed E-state index contributed by atoms with van der Waals surface area (Å²) in [6.45, 7) is 4.95. The number of methoxy groups -OCH3 is 1. The number of carbonyl (C=O) groups excluding carboxylic acids is 2. The lowest BCUT2D eigenvalue weighted by Crippen LogP contribution is -2.60. The Bertz CT molecular complexity index is 1560. The summed E-state index contributed by atoms with van der Waals surface area (Å²) in [5, 5.41) is 5.63. The van der Waals surface area contributed by atoms with Gasteiger partial charge in [0, 0.05) is 42.7 Å². The molecule has 2 aromatic carbocycles. The molecule has 3 aromatic rings.